The SMILES string of the molecule is COc1cccc2[nH]c(C(=O)Nc3cc(C)ccn3)cc12. The number of rotatable bonds is 3. The molecule has 2 N–H and O–H groups in total. The molecule has 0 fully saturated rings. The second-order valence-corrected chi connectivity index (χ2v) is 4.78. The monoisotopic (exact) mass is 281 g/mol. The van der Waals surface area contributed by atoms with Gasteiger partial charge in [-0.2, -0.15) is 0 Å². The van der Waals surface area contributed by atoms with Crippen LogP contribution in [0.15, 0.2) is 42.6 Å². The van der Waals surface area contributed by atoms with Crippen LogP contribution in [0.2, 0.25) is 0 Å². The van der Waals surface area contributed by atoms with E-state index in [2.05, 4.69) is 15.3 Å². The highest BCUT2D eigenvalue weighted by Crippen LogP contribution is 2.26. The summed E-state index contributed by atoms with van der Waals surface area (Å²) in [4.78, 5) is 19.5. The normalized spacial score (nSPS) is 10.6. The summed E-state index contributed by atoms with van der Waals surface area (Å²) in [7, 11) is 1.61. The number of amides is 1. The number of hydrogen-bond acceptors (Lipinski definition) is 3. The molecular weight excluding hydrogens is 266 g/mol. The van der Waals surface area contributed by atoms with Crippen molar-refractivity contribution in [3.8, 4) is 5.75 Å². The standard InChI is InChI=1S/C16H15N3O2/c1-10-6-7-17-15(8-10)19-16(20)13-9-11-12(18-13)4-3-5-14(11)21-2/h3-9,18H,1-2H3,(H,17,19,20). The van der Waals surface area contributed by atoms with Crippen molar-refractivity contribution in [2.75, 3.05) is 12.4 Å². The number of fused-ring (bicyclic) bond motifs is 1. The minimum absolute atomic E-state index is 0.230. The molecule has 0 saturated carbocycles. The lowest BCUT2D eigenvalue weighted by molar-refractivity contribution is 0.102. The average Bonchev–Trinajstić information content (AvgIpc) is 2.91. The molecule has 1 amide bonds. The number of carbonyl (C=O) groups excluding carboxylic acids is 1. The van der Waals surface area contributed by atoms with Crippen molar-refractivity contribution in [1.82, 2.24) is 9.97 Å². The Morgan fingerprint density at radius 1 is 1.29 bits per heavy atom. The predicted octanol–water partition coefficient (Wildman–Crippen LogP) is 3.13. The molecule has 0 aliphatic heterocycles. The number of pyridine rings is 1. The van der Waals surface area contributed by atoms with Crippen LogP contribution in [-0.2, 0) is 0 Å². The second kappa shape index (κ2) is 5.28. The van der Waals surface area contributed by atoms with Crippen molar-refractivity contribution in [3.05, 3.63) is 53.9 Å². The van der Waals surface area contributed by atoms with Gasteiger partial charge in [-0.1, -0.05) is 6.07 Å². The number of aromatic nitrogens is 2. The lowest BCUT2D eigenvalue weighted by atomic mass is 10.2. The molecule has 1 aromatic carbocycles. The largest absolute Gasteiger partial charge is 0.496 e. The Balaban J connectivity index is 1.91. The first kappa shape index (κ1) is 13.2. The minimum atomic E-state index is -0.230. The molecule has 2 heterocycles. The molecule has 0 aliphatic carbocycles. The van der Waals surface area contributed by atoms with Gasteiger partial charge in [-0.25, -0.2) is 4.98 Å². The Kier molecular flexibility index (Phi) is 3.31. The molecule has 5 nitrogen and oxygen atoms in total. The van der Waals surface area contributed by atoms with Crippen molar-refractivity contribution in [1.29, 1.82) is 0 Å². The molecular formula is C16H15N3O2. The summed E-state index contributed by atoms with van der Waals surface area (Å²) in [6.45, 7) is 1.95. The number of aromatic amines is 1. The van der Waals surface area contributed by atoms with Gasteiger partial charge in [-0.15, -0.1) is 0 Å². The zero-order valence-electron chi connectivity index (χ0n) is 11.8. The molecule has 0 spiro atoms. The summed E-state index contributed by atoms with van der Waals surface area (Å²) >= 11 is 0. The van der Waals surface area contributed by atoms with Crippen LogP contribution in [-0.4, -0.2) is 23.0 Å². The fourth-order valence-electron chi connectivity index (χ4n) is 2.22. The maximum absolute atomic E-state index is 12.3. The summed E-state index contributed by atoms with van der Waals surface area (Å²) in [6.07, 6.45) is 1.67. The highest BCUT2D eigenvalue weighted by molar-refractivity contribution is 6.06. The van der Waals surface area contributed by atoms with E-state index in [1.54, 1.807) is 19.4 Å². The number of methoxy groups -OCH3 is 1. The molecule has 5 heteroatoms. The predicted molar refractivity (Wildman–Crippen MR) is 81.8 cm³/mol. The van der Waals surface area contributed by atoms with E-state index in [0.29, 0.717) is 11.5 Å². The topological polar surface area (TPSA) is 67.0 Å². The number of carbonyl (C=O) groups is 1. The molecule has 0 saturated heterocycles. The number of nitrogens with zero attached hydrogens (tertiary/aromatic N) is 1. The van der Waals surface area contributed by atoms with Gasteiger partial charge in [-0.05, 0) is 42.8 Å². The van der Waals surface area contributed by atoms with Crippen LogP contribution in [0.5, 0.6) is 5.75 Å². The van der Waals surface area contributed by atoms with Crippen LogP contribution in [0.3, 0.4) is 0 Å². The quantitative estimate of drug-likeness (QED) is 0.775. The second-order valence-electron chi connectivity index (χ2n) is 4.78. The van der Waals surface area contributed by atoms with Crippen molar-refractivity contribution in [2.45, 2.75) is 6.92 Å². The number of aryl methyl sites for hydroxylation is 1. The van der Waals surface area contributed by atoms with Crippen molar-refractivity contribution in [3.63, 3.8) is 0 Å². The molecule has 0 radical (unpaired) electrons. The Labute approximate surface area is 122 Å². The van der Waals surface area contributed by atoms with Gasteiger partial charge in [0.05, 0.1) is 7.11 Å². The Hall–Kier alpha value is -2.82. The number of anilines is 1. The Morgan fingerprint density at radius 2 is 2.14 bits per heavy atom. The summed E-state index contributed by atoms with van der Waals surface area (Å²) in [5.74, 6) is 1.04. The first-order chi connectivity index (χ1) is 10.2. The van der Waals surface area contributed by atoms with Crippen molar-refractivity contribution >= 4 is 22.6 Å². The third kappa shape index (κ3) is 2.58. The van der Waals surface area contributed by atoms with E-state index in [-0.39, 0.29) is 5.91 Å². The highest BCUT2D eigenvalue weighted by atomic mass is 16.5. The molecule has 0 unspecified atom stereocenters. The smallest absolute Gasteiger partial charge is 0.273 e. The zero-order chi connectivity index (χ0) is 14.8. The first-order valence-corrected chi connectivity index (χ1v) is 6.57. The highest BCUT2D eigenvalue weighted by Gasteiger charge is 2.12. The van der Waals surface area contributed by atoms with Crippen LogP contribution < -0.4 is 10.1 Å². The van der Waals surface area contributed by atoms with E-state index in [4.69, 9.17) is 4.74 Å². The number of benzene rings is 1. The summed E-state index contributed by atoms with van der Waals surface area (Å²) in [5.41, 5.74) is 2.37. The molecule has 21 heavy (non-hydrogen) atoms. The van der Waals surface area contributed by atoms with E-state index in [9.17, 15) is 4.79 Å². The molecule has 106 valence electrons. The number of hydrogen-bond donors (Lipinski definition) is 2. The van der Waals surface area contributed by atoms with E-state index in [1.165, 1.54) is 0 Å². The van der Waals surface area contributed by atoms with E-state index in [0.717, 1.165) is 22.2 Å². The number of ether oxygens (including phenoxy) is 1. The molecule has 3 aromatic rings. The summed E-state index contributed by atoms with van der Waals surface area (Å²) in [6, 6.07) is 11.1. The van der Waals surface area contributed by atoms with Crippen LogP contribution >= 0.6 is 0 Å². The zero-order valence-corrected chi connectivity index (χ0v) is 11.8. The number of H-pyrrole nitrogens is 1. The van der Waals surface area contributed by atoms with Gasteiger partial charge >= 0.3 is 0 Å². The number of nitrogens with one attached hydrogen (secondary N) is 2. The fraction of sp³-hybridized carbons (Fsp3) is 0.125. The van der Waals surface area contributed by atoms with Crippen molar-refractivity contribution in [2.24, 2.45) is 0 Å². The van der Waals surface area contributed by atoms with Gasteiger partial charge in [0.2, 0.25) is 0 Å². The maximum atomic E-state index is 12.3. The third-order valence-corrected chi connectivity index (χ3v) is 3.25. The van der Waals surface area contributed by atoms with E-state index >= 15 is 0 Å². The molecule has 0 aliphatic rings. The van der Waals surface area contributed by atoms with Crippen LogP contribution in [0.25, 0.3) is 10.9 Å². The van der Waals surface area contributed by atoms with Gasteiger partial charge < -0.3 is 15.0 Å². The van der Waals surface area contributed by atoms with Gasteiger partial charge in [0.1, 0.15) is 17.3 Å². The summed E-state index contributed by atoms with van der Waals surface area (Å²) < 4.78 is 5.29. The lowest BCUT2D eigenvalue weighted by Crippen LogP contribution is -2.13. The Morgan fingerprint density at radius 3 is 2.90 bits per heavy atom. The van der Waals surface area contributed by atoms with Crippen molar-refractivity contribution < 1.29 is 9.53 Å². The molecule has 3 rings (SSSR count). The van der Waals surface area contributed by atoms with E-state index in [1.807, 2.05) is 37.3 Å². The fourth-order valence-corrected chi connectivity index (χ4v) is 2.22. The third-order valence-electron chi connectivity index (χ3n) is 3.25. The van der Waals surface area contributed by atoms with Crippen LogP contribution in [0.1, 0.15) is 16.1 Å². The van der Waals surface area contributed by atoms with Gasteiger partial charge in [0.25, 0.3) is 5.91 Å². The maximum Gasteiger partial charge on any atom is 0.273 e. The first-order valence-electron chi connectivity index (χ1n) is 6.57. The molecule has 0 bridgehead atoms. The molecule has 2 aromatic heterocycles. The van der Waals surface area contributed by atoms with Gasteiger partial charge in [0, 0.05) is 17.1 Å². The van der Waals surface area contributed by atoms with Gasteiger partial charge in [-0.3, -0.25) is 4.79 Å². The summed E-state index contributed by atoms with van der Waals surface area (Å²) in [5, 5.41) is 3.65. The van der Waals surface area contributed by atoms with Crippen LogP contribution in [0.4, 0.5) is 5.82 Å². The Bertz CT molecular complexity index is 808. The van der Waals surface area contributed by atoms with E-state index < -0.39 is 0 Å². The van der Waals surface area contributed by atoms with Gasteiger partial charge in [0.15, 0.2) is 0 Å². The average molecular weight is 281 g/mol. The molecule has 0 atom stereocenters. The lowest BCUT2D eigenvalue weighted by Gasteiger charge is -2.03. The van der Waals surface area contributed by atoms with Crippen LogP contribution in [0, 0.1) is 6.92 Å². The minimum Gasteiger partial charge on any atom is -0.496 e.